The summed E-state index contributed by atoms with van der Waals surface area (Å²) >= 11 is 3.64. The summed E-state index contributed by atoms with van der Waals surface area (Å²) in [5.74, 6) is 1.31. The van der Waals surface area contributed by atoms with Crippen molar-refractivity contribution < 1.29 is 4.79 Å². The van der Waals surface area contributed by atoms with E-state index in [4.69, 9.17) is 0 Å². The van der Waals surface area contributed by atoms with Crippen LogP contribution in [0, 0.1) is 17.3 Å². The zero-order valence-corrected chi connectivity index (χ0v) is 13.1. The van der Waals surface area contributed by atoms with Crippen LogP contribution in [0.2, 0.25) is 0 Å². The maximum Gasteiger partial charge on any atom is 0.220 e. The Morgan fingerprint density at radius 1 is 1.41 bits per heavy atom. The van der Waals surface area contributed by atoms with Gasteiger partial charge in [0.25, 0.3) is 0 Å². The van der Waals surface area contributed by atoms with Crippen LogP contribution in [0.25, 0.3) is 0 Å². The molecule has 0 heterocycles. The lowest BCUT2D eigenvalue weighted by Crippen LogP contribution is -2.32. The van der Waals surface area contributed by atoms with E-state index in [1.54, 1.807) is 0 Å². The number of carbonyl (C=O) groups excluding carboxylic acids is 1. The van der Waals surface area contributed by atoms with Crippen LogP contribution in [0.4, 0.5) is 0 Å². The molecule has 0 aromatic heterocycles. The van der Waals surface area contributed by atoms with Gasteiger partial charge in [-0.05, 0) is 36.5 Å². The summed E-state index contributed by atoms with van der Waals surface area (Å²) in [6.45, 7) is 9.59. The Morgan fingerprint density at radius 2 is 2.06 bits per heavy atom. The molecule has 3 heteroatoms. The van der Waals surface area contributed by atoms with Gasteiger partial charge in [0.1, 0.15) is 0 Å². The van der Waals surface area contributed by atoms with Crippen LogP contribution in [0.5, 0.6) is 0 Å². The predicted molar refractivity (Wildman–Crippen MR) is 76.3 cm³/mol. The number of rotatable bonds is 4. The molecule has 1 amide bonds. The van der Waals surface area contributed by atoms with Crippen molar-refractivity contribution in [3.05, 3.63) is 0 Å². The van der Waals surface area contributed by atoms with Gasteiger partial charge < -0.3 is 5.32 Å². The minimum atomic E-state index is 0.213. The molecule has 0 aromatic carbocycles. The Balaban J connectivity index is 2.21. The van der Waals surface area contributed by atoms with Crippen molar-refractivity contribution >= 4 is 21.8 Å². The molecule has 1 aliphatic rings. The van der Waals surface area contributed by atoms with Crippen molar-refractivity contribution in [3.8, 4) is 0 Å². The maximum atomic E-state index is 11.8. The van der Waals surface area contributed by atoms with Gasteiger partial charge in [0, 0.05) is 17.8 Å². The molecule has 1 N–H and O–H groups in total. The Labute approximate surface area is 114 Å². The van der Waals surface area contributed by atoms with Crippen LogP contribution in [0.15, 0.2) is 0 Å². The second-order valence-electron chi connectivity index (χ2n) is 6.55. The third-order valence-corrected chi connectivity index (χ3v) is 4.87. The molecule has 1 rings (SSSR count). The highest BCUT2D eigenvalue weighted by molar-refractivity contribution is 9.09. The third-order valence-electron chi connectivity index (χ3n) is 4.04. The van der Waals surface area contributed by atoms with Crippen molar-refractivity contribution in [1.82, 2.24) is 5.32 Å². The van der Waals surface area contributed by atoms with Crippen LogP contribution in [-0.2, 0) is 4.79 Å². The molecule has 17 heavy (non-hydrogen) atoms. The molecule has 0 aliphatic heterocycles. The van der Waals surface area contributed by atoms with Crippen molar-refractivity contribution in [1.29, 1.82) is 0 Å². The standard InChI is InChI=1S/C14H26BrNO/c1-10(14(2,3)4)7-13(17)16-9-11-5-6-12(15)8-11/h10-12H,5-9H2,1-4H3,(H,16,17). The zero-order valence-electron chi connectivity index (χ0n) is 11.6. The molecule has 100 valence electrons. The van der Waals surface area contributed by atoms with Gasteiger partial charge >= 0.3 is 0 Å². The van der Waals surface area contributed by atoms with Gasteiger partial charge in [-0.3, -0.25) is 4.79 Å². The van der Waals surface area contributed by atoms with Crippen LogP contribution >= 0.6 is 15.9 Å². The monoisotopic (exact) mass is 303 g/mol. The van der Waals surface area contributed by atoms with Crippen LogP contribution < -0.4 is 5.32 Å². The molecule has 1 saturated carbocycles. The van der Waals surface area contributed by atoms with Crippen LogP contribution in [0.3, 0.4) is 0 Å². The molecule has 1 fully saturated rings. The molecular formula is C14H26BrNO. The number of carbonyl (C=O) groups is 1. The SMILES string of the molecule is CC(CC(=O)NCC1CCC(Br)C1)C(C)(C)C. The second-order valence-corrected chi connectivity index (χ2v) is 7.85. The highest BCUT2D eigenvalue weighted by Crippen LogP contribution is 2.30. The van der Waals surface area contributed by atoms with Gasteiger partial charge in [-0.25, -0.2) is 0 Å². The Bertz CT molecular complexity index is 259. The number of hydrogen-bond donors (Lipinski definition) is 1. The minimum Gasteiger partial charge on any atom is -0.356 e. The van der Waals surface area contributed by atoms with Crippen molar-refractivity contribution in [2.75, 3.05) is 6.54 Å². The third kappa shape index (κ3) is 5.41. The zero-order chi connectivity index (χ0) is 13.1. The number of nitrogens with one attached hydrogen (secondary N) is 1. The lowest BCUT2D eigenvalue weighted by Gasteiger charge is -2.26. The summed E-state index contributed by atoms with van der Waals surface area (Å²) in [5.41, 5.74) is 0.214. The Hall–Kier alpha value is -0.0500. The van der Waals surface area contributed by atoms with E-state index in [9.17, 15) is 4.79 Å². The fourth-order valence-corrected chi connectivity index (χ4v) is 2.91. The maximum absolute atomic E-state index is 11.8. The molecule has 0 saturated heterocycles. The van der Waals surface area contributed by atoms with Crippen LogP contribution in [-0.4, -0.2) is 17.3 Å². The van der Waals surface area contributed by atoms with E-state index in [1.807, 2.05) is 0 Å². The lowest BCUT2D eigenvalue weighted by atomic mass is 9.80. The van der Waals surface area contributed by atoms with E-state index in [1.165, 1.54) is 19.3 Å². The number of halogens is 1. The molecule has 1 aliphatic carbocycles. The first-order valence-electron chi connectivity index (χ1n) is 6.69. The van der Waals surface area contributed by atoms with Crippen molar-refractivity contribution in [2.45, 2.75) is 58.2 Å². The summed E-state index contributed by atoms with van der Waals surface area (Å²) in [7, 11) is 0. The molecule has 0 bridgehead atoms. The van der Waals surface area contributed by atoms with Gasteiger partial charge in [-0.1, -0.05) is 43.6 Å². The smallest absolute Gasteiger partial charge is 0.220 e. The molecule has 0 radical (unpaired) electrons. The summed E-state index contributed by atoms with van der Waals surface area (Å²) in [6, 6.07) is 0. The van der Waals surface area contributed by atoms with E-state index in [-0.39, 0.29) is 11.3 Å². The van der Waals surface area contributed by atoms with Gasteiger partial charge in [0.05, 0.1) is 0 Å². The second kappa shape index (κ2) is 6.21. The topological polar surface area (TPSA) is 29.1 Å². The average Bonchev–Trinajstić information content (AvgIpc) is 2.60. The average molecular weight is 304 g/mol. The van der Waals surface area contributed by atoms with Gasteiger partial charge in [-0.15, -0.1) is 0 Å². The van der Waals surface area contributed by atoms with Crippen molar-refractivity contribution in [3.63, 3.8) is 0 Å². The van der Waals surface area contributed by atoms with Crippen molar-refractivity contribution in [2.24, 2.45) is 17.3 Å². The predicted octanol–water partition coefficient (Wildman–Crippen LogP) is 3.74. The number of amides is 1. The highest BCUT2D eigenvalue weighted by atomic mass is 79.9. The van der Waals surface area contributed by atoms with E-state index in [0.717, 1.165) is 6.54 Å². The largest absolute Gasteiger partial charge is 0.356 e. The molecule has 0 spiro atoms. The summed E-state index contributed by atoms with van der Waals surface area (Å²) in [6.07, 6.45) is 4.34. The Kier molecular flexibility index (Phi) is 5.49. The van der Waals surface area contributed by atoms with E-state index in [2.05, 4.69) is 48.9 Å². The molecule has 3 atom stereocenters. The number of alkyl halides is 1. The normalized spacial score (nSPS) is 26.9. The summed E-state index contributed by atoms with van der Waals surface area (Å²) < 4.78 is 0. The first-order valence-corrected chi connectivity index (χ1v) is 7.61. The fourth-order valence-electron chi connectivity index (χ4n) is 2.11. The fraction of sp³-hybridized carbons (Fsp3) is 0.929. The molecular weight excluding hydrogens is 278 g/mol. The lowest BCUT2D eigenvalue weighted by molar-refractivity contribution is -0.122. The Morgan fingerprint density at radius 3 is 2.53 bits per heavy atom. The van der Waals surface area contributed by atoms with Gasteiger partial charge in [-0.2, -0.15) is 0 Å². The molecule has 2 nitrogen and oxygen atoms in total. The minimum absolute atomic E-state index is 0.213. The highest BCUT2D eigenvalue weighted by Gasteiger charge is 2.25. The quantitative estimate of drug-likeness (QED) is 0.788. The number of hydrogen-bond acceptors (Lipinski definition) is 1. The first-order chi connectivity index (χ1) is 7.79. The molecule has 3 unspecified atom stereocenters. The van der Waals surface area contributed by atoms with Gasteiger partial charge in [0.15, 0.2) is 0 Å². The van der Waals surface area contributed by atoms with E-state index in [0.29, 0.717) is 23.1 Å². The molecule has 0 aromatic rings. The van der Waals surface area contributed by atoms with Crippen LogP contribution in [0.1, 0.15) is 53.4 Å². The van der Waals surface area contributed by atoms with Gasteiger partial charge in [0.2, 0.25) is 5.91 Å². The first kappa shape index (κ1) is 15.0. The summed E-state index contributed by atoms with van der Waals surface area (Å²) in [4.78, 5) is 12.5. The van der Waals surface area contributed by atoms with E-state index < -0.39 is 0 Å². The van der Waals surface area contributed by atoms with E-state index >= 15 is 0 Å². The summed E-state index contributed by atoms with van der Waals surface area (Å²) in [5, 5.41) is 3.09.